The lowest BCUT2D eigenvalue weighted by Crippen LogP contribution is -2.57. The van der Waals surface area contributed by atoms with Crippen molar-refractivity contribution in [2.75, 3.05) is 0 Å². The van der Waals surface area contributed by atoms with Crippen LogP contribution in [-0.2, 0) is 4.79 Å². The summed E-state index contributed by atoms with van der Waals surface area (Å²) in [4.78, 5) is 12.3. The van der Waals surface area contributed by atoms with Crippen LogP contribution in [0, 0.1) is 5.41 Å². The number of thiophene rings is 1. The van der Waals surface area contributed by atoms with Gasteiger partial charge in [-0.25, -0.2) is 0 Å². The molecule has 1 aromatic heterocycles. The molecule has 1 atom stereocenters. The van der Waals surface area contributed by atoms with Crippen molar-refractivity contribution in [2.45, 2.75) is 19.9 Å². The van der Waals surface area contributed by atoms with Gasteiger partial charge in [0.1, 0.15) is 0 Å². The maximum atomic E-state index is 11.2. The maximum Gasteiger partial charge on any atom is 0.228 e. The van der Waals surface area contributed by atoms with E-state index < -0.39 is 0 Å². The molecule has 1 fully saturated rings. The predicted molar refractivity (Wildman–Crippen MR) is 54.0 cm³/mol. The molecule has 0 radical (unpaired) electrons. The average molecular weight is 216 g/mol. The summed E-state index contributed by atoms with van der Waals surface area (Å²) in [5.41, 5.74) is -0.311. The fourth-order valence-electron chi connectivity index (χ4n) is 1.46. The summed E-state index contributed by atoms with van der Waals surface area (Å²) in [7, 11) is 0. The molecule has 2 nitrogen and oxygen atoms in total. The van der Waals surface area contributed by atoms with Gasteiger partial charge in [-0.1, -0.05) is 11.6 Å². The van der Waals surface area contributed by atoms with E-state index in [0.29, 0.717) is 0 Å². The van der Waals surface area contributed by atoms with E-state index in [1.165, 1.54) is 0 Å². The molecule has 1 aliphatic rings. The van der Waals surface area contributed by atoms with Gasteiger partial charge >= 0.3 is 0 Å². The second-order valence-electron chi connectivity index (χ2n) is 3.76. The summed E-state index contributed by atoms with van der Waals surface area (Å²) >= 11 is 7.57. The molecule has 0 aromatic carbocycles. The van der Waals surface area contributed by atoms with Crippen LogP contribution in [-0.4, -0.2) is 5.91 Å². The average Bonchev–Trinajstić information content (AvgIpc) is 2.47. The summed E-state index contributed by atoms with van der Waals surface area (Å²) < 4.78 is 0. The molecule has 0 spiro atoms. The molecule has 2 rings (SSSR count). The quantitative estimate of drug-likeness (QED) is 0.717. The first-order valence-electron chi connectivity index (χ1n) is 4.07. The molecule has 13 heavy (non-hydrogen) atoms. The zero-order valence-corrected chi connectivity index (χ0v) is 9.00. The Hall–Kier alpha value is -0.540. The molecule has 0 saturated carbocycles. The highest BCUT2D eigenvalue weighted by molar-refractivity contribution is 7.10. The first kappa shape index (κ1) is 9.03. The fourth-order valence-corrected chi connectivity index (χ4v) is 2.86. The lowest BCUT2D eigenvalue weighted by atomic mass is 9.75. The normalized spacial score (nSPS) is 25.2. The smallest absolute Gasteiger partial charge is 0.228 e. The van der Waals surface area contributed by atoms with Gasteiger partial charge in [0.15, 0.2) is 0 Å². The zero-order valence-electron chi connectivity index (χ0n) is 7.43. The van der Waals surface area contributed by atoms with Crippen molar-refractivity contribution in [3.05, 3.63) is 21.3 Å². The summed E-state index contributed by atoms with van der Waals surface area (Å²) in [5.74, 6) is 0.0990. The number of hydrogen-bond acceptors (Lipinski definition) is 2. The number of amides is 1. The number of carbonyl (C=O) groups is 1. The highest BCUT2D eigenvalue weighted by atomic mass is 35.5. The van der Waals surface area contributed by atoms with Gasteiger partial charge in [-0.3, -0.25) is 4.79 Å². The molecular formula is C9H10ClNOS. The van der Waals surface area contributed by atoms with Crippen LogP contribution in [0.25, 0.3) is 0 Å². The van der Waals surface area contributed by atoms with E-state index in [4.69, 9.17) is 11.6 Å². The number of β-lactam (4-membered cyclic amide) rings is 1. The van der Waals surface area contributed by atoms with Crippen molar-refractivity contribution < 1.29 is 4.79 Å². The van der Waals surface area contributed by atoms with Gasteiger partial charge in [-0.05, 0) is 25.3 Å². The van der Waals surface area contributed by atoms with E-state index in [1.807, 2.05) is 25.3 Å². The van der Waals surface area contributed by atoms with Crippen LogP contribution in [0.4, 0.5) is 0 Å². The van der Waals surface area contributed by atoms with Crippen molar-refractivity contribution in [2.24, 2.45) is 5.41 Å². The lowest BCUT2D eigenvalue weighted by Gasteiger charge is -2.43. The van der Waals surface area contributed by atoms with Crippen LogP contribution in [0.3, 0.4) is 0 Å². The van der Waals surface area contributed by atoms with Gasteiger partial charge in [0.2, 0.25) is 5.91 Å². The lowest BCUT2D eigenvalue weighted by molar-refractivity contribution is -0.142. The Morgan fingerprint density at radius 2 is 2.31 bits per heavy atom. The fraction of sp³-hybridized carbons (Fsp3) is 0.444. The number of halogens is 1. The first-order valence-corrected chi connectivity index (χ1v) is 5.33. The molecule has 1 amide bonds. The van der Waals surface area contributed by atoms with Crippen molar-refractivity contribution in [3.8, 4) is 0 Å². The summed E-state index contributed by atoms with van der Waals surface area (Å²) in [6.45, 7) is 3.87. The van der Waals surface area contributed by atoms with E-state index in [2.05, 4.69) is 5.32 Å². The summed E-state index contributed by atoms with van der Waals surface area (Å²) in [5, 5.41) is 5.56. The summed E-state index contributed by atoms with van der Waals surface area (Å²) in [6.07, 6.45) is 0. The van der Waals surface area contributed by atoms with Crippen LogP contribution < -0.4 is 5.32 Å². The molecule has 1 saturated heterocycles. The van der Waals surface area contributed by atoms with Gasteiger partial charge in [-0.2, -0.15) is 0 Å². The molecule has 1 unspecified atom stereocenters. The van der Waals surface area contributed by atoms with Gasteiger partial charge in [0.25, 0.3) is 0 Å². The van der Waals surface area contributed by atoms with Crippen molar-refractivity contribution in [3.63, 3.8) is 0 Å². The third-order valence-corrected chi connectivity index (χ3v) is 3.91. The highest BCUT2D eigenvalue weighted by Gasteiger charge is 2.49. The van der Waals surface area contributed by atoms with E-state index >= 15 is 0 Å². The van der Waals surface area contributed by atoms with Crippen LogP contribution in [0.5, 0.6) is 0 Å². The molecule has 0 aliphatic carbocycles. The maximum absolute atomic E-state index is 11.2. The van der Waals surface area contributed by atoms with Crippen LogP contribution >= 0.6 is 22.9 Å². The van der Waals surface area contributed by atoms with Crippen molar-refractivity contribution in [1.29, 1.82) is 0 Å². The van der Waals surface area contributed by atoms with E-state index in [9.17, 15) is 4.79 Å². The minimum absolute atomic E-state index is 0.0903. The molecular weight excluding hydrogens is 206 g/mol. The van der Waals surface area contributed by atoms with Gasteiger partial charge in [-0.15, -0.1) is 11.3 Å². The van der Waals surface area contributed by atoms with Crippen LogP contribution in [0.15, 0.2) is 11.4 Å². The third-order valence-electron chi connectivity index (χ3n) is 2.49. The van der Waals surface area contributed by atoms with Gasteiger partial charge in [0.05, 0.1) is 16.5 Å². The molecule has 70 valence electrons. The van der Waals surface area contributed by atoms with E-state index in [-0.39, 0.29) is 17.4 Å². The molecule has 2 heterocycles. The standard InChI is InChI=1S/C9H10ClNOS/c1-9(2)7(11-8(9)12)6-5(10)3-4-13-6/h3-4,7H,1-2H3,(H,11,12). The number of nitrogens with one attached hydrogen (secondary N) is 1. The Bertz CT molecular complexity index is 358. The molecule has 4 heteroatoms. The Morgan fingerprint density at radius 1 is 1.62 bits per heavy atom. The Balaban J connectivity index is 2.31. The third kappa shape index (κ3) is 1.18. The van der Waals surface area contributed by atoms with Crippen molar-refractivity contribution in [1.82, 2.24) is 5.32 Å². The molecule has 0 bridgehead atoms. The number of rotatable bonds is 1. The minimum atomic E-state index is -0.311. The molecule has 1 N–H and O–H groups in total. The van der Waals surface area contributed by atoms with Crippen LogP contribution in [0.2, 0.25) is 5.02 Å². The van der Waals surface area contributed by atoms with Crippen molar-refractivity contribution >= 4 is 28.8 Å². The minimum Gasteiger partial charge on any atom is -0.347 e. The second-order valence-corrected chi connectivity index (χ2v) is 5.12. The Morgan fingerprint density at radius 3 is 2.69 bits per heavy atom. The van der Waals surface area contributed by atoms with E-state index in [0.717, 1.165) is 9.90 Å². The van der Waals surface area contributed by atoms with Gasteiger partial charge in [0, 0.05) is 4.88 Å². The zero-order chi connectivity index (χ0) is 9.64. The summed E-state index contributed by atoms with van der Waals surface area (Å²) in [6, 6.07) is 1.95. The topological polar surface area (TPSA) is 29.1 Å². The number of hydrogen-bond donors (Lipinski definition) is 1. The highest BCUT2D eigenvalue weighted by Crippen LogP contribution is 2.45. The molecule has 1 aromatic rings. The Kier molecular flexibility index (Phi) is 1.89. The monoisotopic (exact) mass is 215 g/mol. The second kappa shape index (κ2) is 2.72. The first-order chi connectivity index (χ1) is 6.03. The van der Waals surface area contributed by atoms with Gasteiger partial charge < -0.3 is 5.32 Å². The SMILES string of the molecule is CC1(C)C(=O)NC1c1sccc1Cl. The Labute approximate surface area is 85.9 Å². The van der Waals surface area contributed by atoms with Crippen LogP contribution in [0.1, 0.15) is 24.8 Å². The van der Waals surface area contributed by atoms with E-state index in [1.54, 1.807) is 11.3 Å². The largest absolute Gasteiger partial charge is 0.347 e. The molecule has 1 aliphatic heterocycles. The number of carbonyl (C=O) groups excluding carboxylic acids is 1. The predicted octanol–water partition coefficient (Wildman–Crippen LogP) is 2.60.